The van der Waals surface area contributed by atoms with Crippen molar-refractivity contribution in [3.8, 4) is 0 Å². The first-order chi connectivity index (χ1) is 12.6. The Morgan fingerprint density at radius 2 is 1.81 bits per heavy atom. The predicted octanol–water partition coefficient (Wildman–Crippen LogP) is 3.79. The summed E-state index contributed by atoms with van der Waals surface area (Å²) in [6.07, 6.45) is 1.66. The largest absolute Gasteiger partial charge is 0.372 e. The number of para-hydroxylation sites is 1. The summed E-state index contributed by atoms with van der Waals surface area (Å²) in [5.41, 5.74) is 6.34. The van der Waals surface area contributed by atoms with Gasteiger partial charge in [-0.2, -0.15) is 5.10 Å². The van der Waals surface area contributed by atoms with Crippen molar-refractivity contribution in [2.45, 2.75) is 13.8 Å². The molecule has 3 rings (SSSR count). The first-order valence-electron chi connectivity index (χ1n) is 8.87. The number of amides is 1. The lowest BCUT2D eigenvalue weighted by Crippen LogP contribution is -2.21. The number of hydrazone groups is 1. The summed E-state index contributed by atoms with van der Waals surface area (Å²) >= 11 is 0. The zero-order valence-corrected chi connectivity index (χ0v) is 15.4. The van der Waals surface area contributed by atoms with Gasteiger partial charge >= 0.3 is 0 Å². The molecular weight excluding hydrogens is 324 g/mol. The van der Waals surface area contributed by atoms with Crippen LogP contribution in [-0.4, -0.2) is 29.8 Å². The molecule has 1 amide bonds. The molecule has 0 fully saturated rings. The fourth-order valence-corrected chi connectivity index (χ4v) is 3.09. The van der Waals surface area contributed by atoms with Crippen LogP contribution in [0.3, 0.4) is 0 Å². The van der Waals surface area contributed by atoms with E-state index in [1.165, 1.54) is 5.69 Å². The summed E-state index contributed by atoms with van der Waals surface area (Å²) in [4.78, 5) is 14.7. The van der Waals surface area contributed by atoms with Crippen LogP contribution in [0.15, 0.2) is 59.7 Å². The number of hydrogen-bond acceptors (Lipinski definition) is 3. The molecule has 0 radical (unpaired) electrons. The Morgan fingerprint density at radius 3 is 2.46 bits per heavy atom. The van der Waals surface area contributed by atoms with E-state index >= 15 is 0 Å². The molecule has 0 aliphatic carbocycles. The number of carbonyl (C=O) groups excluding carboxylic acids is 1. The lowest BCUT2D eigenvalue weighted by Gasteiger charge is -2.20. The minimum Gasteiger partial charge on any atom is -0.372 e. The van der Waals surface area contributed by atoms with E-state index in [4.69, 9.17) is 0 Å². The molecule has 0 aliphatic rings. The smallest absolute Gasteiger partial charge is 0.287 e. The SMILES string of the molecule is CCN(CC)c1ccc(/C=N/NC(=O)c2cc3ccccc3n2C)cc1. The number of anilines is 1. The van der Waals surface area contributed by atoms with Crippen LogP contribution in [0.4, 0.5) is 5.69 Å². The van der Waals surface area contributed by atoms with Crippen molar-refractivity contribution in [2.75, 3.05) is 18.0 Å². The molecule has 134 valence electrons. The van der Waals surface area contributed by atoms with Crippen LogP contribution in [0, 0.1) is 0 Å². The van der Waals surface area contributed by atoms with Crippen molar-refractivity contribution < 1.29 is 4.79 Å². The van der Waals surface area contributed by atoms with Gasteiger partial charge in [0, 0.05) is 36.7 Å². The van der Waals surface area contributed by atoms with Crippen molar-refractivity contribution in [3.63, 3.8) is 0 Å². The molecule has 0 aliphatic heterocycles. The molecule has 0 atom stereocenters. The van der Waals surface area contributed by atoms with Crippen molar-refractivity contribution >= 4 is 28.7 Å². The molecule has 26 heavy (non-hydrogen) atoms. The van der Waals surface area contributed by atoms with E-state index in [0.29, 0.717) is 5.69 Å². The van der Waals surface area contributed by atoms with Gasteiger partial charge in [0.2, 0.25) is 0 Å². The van der Waals surface area contributed by atoms with Crippen LogP contribution < -0.4 is 10.3 Å². The molecule has 1 heterocycles. The van der Waals surface area contributed by atoms with Crippen LogP contribution in [0.1, 0.15) is 29.9 Å². The summed E-state index contributed by atoms with van der Waals surface area (Å²) < 4.78 is 1.87. The molecule has 0 bridgehead atoms. The average molecular weight is 348 g/mol. The standard InChI is InChI=1S/C21H24N4O/c1-4-25(5-2)18-12-10-16(11-13-18)15-22-23-21(26)20-14-17-8-6-7-9-19(17)24(20)3/h6-15H,4-5H2,1-3H3,(H,23,26)/b22-15+. The summed E-state index contributed by atoms with van der Waals surface area (Å²) in [5.74, 6) is -0.222. The van der Waals surface area contributed by atoms with Gasteiger partial charge in [-0.3, -0.25) is 4.79 Å². The minimum atomic E-state index is -0.222. The van der Waals surface area contributed by atoms with Gasteiger partial charge in [-0.25, -0.2) is 5.43 Å². The maximum Gasteiger partial charge on any atom is 0.287 e. The fourth-order valence-electron chi connectivity index (χ4n) is 3.09. The first kappa shape index (κ1) is 17.7. The van der Waals surface area contributed by atoms with Gasteiger partial charge in [0.1, 0.15) is 5.69 Å². The summed E-state index contributed by atoms with van der Waals surface area (Å²) in [6, 6.07) is 17.9. The summed E-state index contributed by atoms with van der Waals surface area (Å²) in [7, 11) is 1.88. The molecule has 0 spiro atoms. The van der Waals surface area contributed by atoms with Gasteiger partial charge in [0.15, 0.2) is 0 Å². The molecular formula is C21H24N4O. The van der Waals surface area contributed by atoms with Gasteiger partial charge in [-0.05, 0) is 43.7 Å². The average Bonchev–Trinajstić information content (AvgIpc) is 3.01. The molecule has 5 nitrogen and oxygen atoms in total. The van der Waals surface area contributed by atoms with E-state index in [-0.39, 0.29) is 5.91 Å². The van der Waals surface area contributed by atoms with Gasteiger partial charge in [0.25, 0.3) is 5.91 Å². The number of nitrogens with zero attached hydrogens (tertiary/aromatic N) is 3. The van der Waals surface area contributed by atoms with E-state index in [9.17, 15) is 4.79 Å². The number of fused-ring (bicyclic) bond motifs is 1. The van der Waals surface area contributed by atoms with E-state index in [2.05, 4.69) is 41.4 Å². The third-order valence-electron chi connectivity index (χ3n) is 4.59. The maximum atomic E-state index is 12.4. The van der Waals surface area contributed by atoms with Crippen molar-refractivity contribution in [2.24, 2.45) is 12.1 Å². The van der Waals surface area contributed by atoms with Crippen LogP contribution in [0.2, 0.25) is 0 Å². The van der Waals surface area contributed by atoms with E-state index < -0.39 is 0 Å². The topological polar surface area (TPSA) is 49.6 Å². The summed E-state index contributed by atoms with van der Waals surface area (Å²) in [5, 5.41) is 5.13. The Morgan fingerprint density at radius 1 is 1.12 bits per heavy atom. The highest BCUT2D eigenvalue weighted by Gasteiger charge is 2.12. The highest BCUT2D eigenvalue weighted by Crippen LogP contribution is 2.18. The molecule has 1 aromatic heterocycles. The van der Waals surface area contributed by atoms with Gasteiger partial charge < -0.3 is 9.47 Å². The second-order valence-corrected chi connectivity index (χ2v) is 6.11. The van der Waals surface area contributed by atoms with Crippen LogP contribution in [-0.2, 0) is 7.05 Å². The normalized spacial score (nSPS) is 11.2. The Kier molecular flexibility index (Phi) is 5.37. The zero-order valence-electron chi connectivity index (χ0n) is 15.4. The van der Waals surface area contributed by atoms with Gasteiger partial charge in [-0.15, -0.1) is 0 Å². The van der Waals surface area contributed by atoms with E-state index in [1.807, 2.05) is 54.1 Å². The molecule has 3 aromatic rings. The third-order valence-corrected chi connectivity index (χ3v) is 4.59. The second-order valence-electron chi connectivity index (χ2n) is 6.11. The van der Waals surface area contributed by atoms with Crippen molar-refractivity contribution in [1.29, 1.82) is 0 Å². The molecule has 0 unspecified atom stereocenters. The summed E-state index contributed by atoms with van der Waals surface area (Å²) in [6.45, 7) is 6.23. The number of carbonyl (C=O) groups is 1. The molecule has 5 heteroatoms. The van der Waals surface area contributed by atoms with Crippen molar-refractivity contribution in [3.05, 3.63) is 65.9 Å². The van der Waals surface area contributed by atoms with Crippen LogP contribution in [0.25, 0.3) is 10.9 Å². The Labute approximate surface area is 153 Å². The van der Waals surface area contributed by atoms with E-state index in [0.717, 1.165) is 29.6 Å². The Hall–Kier alpha value is -3.08. The van der Waals surface area contributed by atoms with Gasteiger partial charge in [-0.1, -0.05) is 30.3 Å². The molecule has 1 N–H and O–H groups in total. The number of rotatable bonds is 6. The molecule has 0 saturated carbocycles. The monoisotopic (exact) mass is 348 g/mol. The second kappa shape index (κ2) is 7.87. The predicted molar refractivity (Wildman–Crippen MR) is 108 cm³/mol. The first-order valence-corrected chi connectivity index (χ1v) is 8.87. The van der Waals surface area contributed by atoms with Gasteiger partial charge in [0.05, 0.1) is 6.21 Å². The Balaban J connectivity index is 1.68. The number of nitrogens with one attached hydrogen (secondary N) is 1. The molecule has 0 saturated heterocycles. The quantitative estimate of drug-likeness (QED) is 0.544. The highest BCUT2D eigenvalue weighted by atomic mass is 16.2. The lowest BCUT2D eigenvalue weighted by atomic mass is 10.2. The van der Waals surface area contributed by atoms with Crippen molar-refractivity contribution in [1.82, 2.24) is 9.99 Å². The van der Waals surface area contributed by atoms with Crippen LogP contribution in [0.5, 0.6) is 0 Å². The number of hydrogen-bond donors (Lipinski definition) is 1. The number of aryl methyl sites for hydroxylation is 1. The van der Waals surface area contributed by atoms with Crippen LogP contribution >= 0.6 is 0 Å². The fraction of sp³-hybridized carbons (Fsp3) is 0.238. The molecule has 2 aromatic carbocycles. The lowest BCUT2D eigenvalue weighted by molar-refractivity contribution is 0.0947. The highest BCUT2D eigenvalue weighted by molar-refractivity contribution is 5.99. The Bertz CT molecular complexity index is 921. The number of benzene rings is 2. The number of aromatic nitrogens is 1. The third kappa shape index (κ3) is 3.61. The zero-order chi connectivity index (χ0) is 18.5. The minimum absolute atomic E-state index is 0.222. The van der Waals surface area contributed by atoms with E-state index in [1.54, 1.807) is 6.21 Å². The maximum absolute atomic E-state index is 12.4.